The molecule has 2 N–H and O–H groups in total. The van der Waals surface area contributed by atoms with Gasteiger partial charge >= 0.3 is 6.18 Å². The molecule has 0 saturated heterocycles. The van der Waals surface area contributed by atoms with Gasteiger partial charge in [-0.2, -0.15) is 13.2 Å². The van der Waals surface area contributed by atoms with E-state index in [4.69, 9.17) is 9.47 Å². The number of carbonyl (C=O) groups excluding carboxylic acids is 1. The van der Waals surface area contributed by atoms with Crippen molar-refractivity contribution in [3.63, 3.8) is 0 Å². The maximum atomic E-state index is 12.8. The van der Waals surface area contributed by atoms with Gasteiger partial charge in [-0.25, -0.2) is 4.98 Å². The molecule has 39 heavy (non-hydrogen) atoms. The lowest BCUT2D eigenvalue weighted by molar-refractivity contribution is -0.153. The molecular formula is C27H26F3N5O3S. The van der Waals surface area contributed by atoms with Crippen molar-refractivity contribution in [1.82, 2.24) is 19.9 Å². The highest BCUT2D eigenvalue weighted by Gasteiger charge is 2.29. The first-order valence-electron chi connectivity index (χ1n) is 11.7. The van der Waals surface area contributed by atoms with Gasteiger partial charge in [-0.3, -0.25) is 9.78 Å². The predicted molar refractivity (Wildman–Crippen MR) is 147 cm³/mol. The number of hydrogen-bond acceptors (Lipinski definition) is 7. The normalized spacial score (nSPS) is 11.4. The number of benzene rings is 2. The van der Waals surface area contributed by atoms with Gasteiger partial charge in [0, 0.05) is 51.4 Å². The Balaban J connectivity index is 0.00000231. The summed E-state index contributed by atoms with van der Waals surface area (Å²) in [6, 6.07) is 17.1. The minimum absolute atomic E-state index is 0. The van der Waals surface area contributed by atoms with Crippen LogP contribution in [0.15, 0.2) is 72.2 Å². The van der Waals surface area contributed by atoms with Gasteiger partial charge in [0.2, 0.25) is 5.95 Å². The molecule has 0 unspecified atom stereocenters. The van der Waals surface area contributed by atoms with Gasteiger partial charge in [0.05, 0.1) is 11.0 Å². The Kier molecular flexibility index (Phi) is 7.11. The summed E-state index contributed by atoms with van der Waals surface area (Å²) in [7, 11) is 3.37. The standard InChI is InChI=1S/C27H22F3N5O3S.2H2/c1-31-25(36)21-14-18(9-10-32-21)38-17-6-7-22-20(13-17)34-26(35(22)2)33-16-5-8-23(37-15-27(28,29)30)19(12-16)24-4-3-11-39-24;;/h3-14H,15H2,1-2H3,(H,31,36)(H,33,34);2*1H. The lowest BCUT2D eigenvalue weighted by Crippen LogP contribution is -2.19. The molecule has 0 aliphatic heterocycles. The Bertz CT molecular complexity index is 1650. The Labute approximate surface area is 228 Å². The lowest BCUT2D eigenvalue weighted by Gasteiger charge is -2.14. The van der Waals surface area contributed by atoms with E-state index in [1.54, 1.807) is 36.4 Å². The first-order valence-corrected chi connectivity index (χ1v) is 12.5. The molecule has 0 aliphatic rings. The highest BCUT2D eigenvalue weighted by molar-refractivity contribution is 7.13. The fraction of sp³-hybridized carbons (Fsp3) is 0.148. The van der Waals surface area contributed by atoms with E-state index >= 15 is 0 Å². The number of hydrogen-bond donors (Lipinski definition) is 2. The molecule has 1 amide bonds. The van der Waals surface area contributed by atoms with Crippen LogP contribution in [0.4, 0.5) is 24.8 Å². The molecule has 0 bridgehead atoms. The van der Waals surface area contributed by atoms with Crippen molar-refractivity contribution in [3.05, 3.63) is 77.9 Å². The highest BCUT2D eigenvalue weighted by Crippen LogP contribution is 2.37. The van der Waals surface area contributed by atoms with Crippen LogP contribution in [-0.4, -0.2) is 40.3 Å². The minimum atomic E-state index is -4.44. The summed E-state index contributed by atoms with van der Waals surface area (Å²) in [5.74, 6) is 1.31. The van der Waals surface area contributed by atoms with E-state index in [1.165, 1.54) is 30.6 Å². The number of ether oxygens (including phenoxy) is 2. The molecule has 0 atom stereocenters. The van der Waals surface area contributed by atoms with Gasteiger partial charge in [-0.05, 0) is 47.8 Å². The number of carbonyl (C=O) groups is 1. The van der Waals surface area contributed by atoms with Crippen molar-refractivity contribution in [3.8, 4) is 27.7 Å². The van der Waals surface area contributed by atoms with E-state index in [0.29, 0.717) is 34.2 Å². The summed E-state index contributed by atoms with van der Waals surface area (Å²) in [6.45, 7) is -1.38. The Hall–Kier alpha value is -4.58. The summed E-state index contributed by atoms with van der Waals surface area (Å²) >= 11 is 1.40. The van der Waals surface area contributed by atoms with Crippen LogP contribution in [0.2, 0.25) is 0 Å². The molecule has 2 aromatic carbocycles. The SMILES string of the molecule is CNC(=O)c1cc(Oc2ccc3c(c2)nc(Nc2ccc(OCC(F)(F)F)c(-c4cccs4)c2)n3C)ccn1.[HH].[HH]. The zero-order valence-corrected chi connectivity index (χ0v) is 21.6. The number of amides is 1. The van der Waals surface area contributed by atoms with Crippen molar-refractivity contribution < 1.29 is 30.3 Å². The fourth-order valence-electron chi connectivity index (χ4n) is 3.86. The fourth-order valence-corrected chi connectivity index (χ4v) is 4.61. The largest absolute Gasteiger partial charge is 0.483 e. The van der Waals surface area contributed by atoms with Gasteiger partial charge in [0.1, 0.15) is 22.9 Å². The maximum absolute atomic E-state index is 12.8. The number of anilines is 2. The summed E-state index contributed by atoms with van der Waals surface area (Å²) < 4.78 is 51.2. The van der Waals surface area contributed by atoms with Crippen molar-refractivity contribution in [2.24, 2.45) is 7.05 Å². The molecule has 8 nitrogen and oxygen atoms in total. The van der Waals surface area contributed by atoms with E-state index in [1.807, 2.05) is 35.2 Å². The van der Waals surface area contributed by atoms with Crippen molar-refractivity contribution in [2.75, 3.05) is 19.0 Å². The van der Waals surface area contributed by atoms with Gasteiger partial charge in [0.15, 0.2) is 6.61 Å². The number of nitrogens with one attached hydrogen (secondary N) is 2. The quantitative estimate of drug-likeness (QED) is 0.213. The van der Waals surface area contributed by atoms with Gasteiger partial charge < -0.3 is 24.7 Å². The third-order valence-corrected chi connectivity index (χ3v) is 6.60. The molecule has 5 rings (SSSR count). The predicted octanol–water partition coefficient (Wildman–Crippen LogP) is 7.03. The molecule has 3 heterocycles. The van der Waals surface area contributed by atoms with E-state index in [2.05, 4.69) is 20.6 Å². The Morgan fingerprint density at radius 1 is 1.10 bits per heavy atom. The van der Waals surface area contributed by atoms with Crippen LogP contribution in [-0.2, 0) is 7.05 Å². The van der Waals surface area contributed by atoms with Crippen LogP contribution in [0.3, 0.4) is 0 Å². The van der Waals surface area contributed by atoms with Crippen molar-refractivity contribution >= 4 is 39.9 Å². The van der Waals surface area contributed by atoms with Gasteiger partial charge in [-0.1, -0.05) is 6.07 Å². The average molecular weight is 558 g/mol. The molecule has 3 aromatic heterocycles. The number of rotatable bonds is 8. The molecule has 12 heteroatoms. The second-order valence-electron chi connectivity index (χ2n) is 8.42. The van der Waals surface area contributed by atoms with Crippen molar-refractivity contribution in [2.45, 2.75) is 6.18 Å². The Morgan fingerprint density at radius 3 is 2.67 bits per heavy atom. The zero-order chi connectivity index (χ0) is 27.6. The molecule has 0 aliphatic carbocycles. The molecule has 0 saturated carbocycles. The molecule has 204 valence electrons. The van der Waals surface area contributed by atoms with Crippen LogP contribution >= 0.6 is 11.3 Å². The number of aryl methyl sites for hydroxylation is 1. The molecule has 0 fully saturated rings. The topological polar surface area (TPSA) is 90.3 Å². The number of halogens is 3. The van der Waals surface area contributed by atoms with Crippen LogP contribution in [0, 0.1) is 0 Å². The zero-order valence-electron chi connectivity index (χ0n) is 20.7. The summed E-state index contributed by atoms with van der Waals surface area (Å²) in [6.07, 6.45) is -2.95. The summed E-state index contributed by atoms with van der Waals surface area (Å²) in [5, 5.41) is 7.61. The van der Waals surface area contributed by atoms with Gasteiger partial charge in [-0.15, -0.1) is 11.3 Å². The first kappa shape index (κ1) is 26.0. The molecule has 0 spiro atoms. The first-order chi connectivity index (χ1) is 18.7. The summed E-state index contributed by atoms with van der Waals surface area (Å²) in [5.41, 5.74) is 2.89. The second kappa shape index (κ2) is 10.7. The van der Waals surface area contributed by atoms with E-state index in [-0.39, 0.29) is 20.2 Å². The average Bonchev–Trinajstić information content (AvgIpc) is 3.55. The molecule has 5 aromatic rings. The smallest absolute Gasteiger partial charge is 0.422 e. The molecular weight excluding hydrogens is 531 g/mol. The van der Waals surface area contributed by atoms with Crippen LogP contribution < -0.4 is 20.1 Å². The van der Waals surface area contributed by atoms with E-state index < -0.39 is 12.8 Å². The van der Waals surface area contributed by atoms with Crippen LogP contribution in [0.5, 0.6) is 17.2 Å². The van der Waals surface area contributed by atoms with E-state index in [9.17, 15) is 18.0 Å². The number of imidazole rings is 1. The number of nitrogens with zero attached hydrogens (tertiary/aromatic N) is 3. The van der Waals surface area contributed by atoms with Crippen LogP contribution in [0.25, 0.3) is 21.5 Å². The van der Waals surface area contributed by atoms with E-state index in [0.717, 1.165) is 10.4 Å². The van der Waals surface area contributed by atoms with Gasteiger partial charge in [0.25, 0.3) is 5.91 Å². The Morgan fingerprint density at radius 2 is 1.92 bits per heavy atom. The number of thiophene rings is 1. The lowest BCUT2D eigenvalue weighted by atomic mass is 10.1. The second-order valence-corrected chi connectivity index (χ2v) is 9.37. The maximum Gasteiger partial charge on any atom is 0.422 e. The monoisotopic (exact) mass is 557 g/mol. The number of alkyl halides is 3. The van der Waals surface area contributed by atoms with Crippen molar-refractivity contribution in [1.29, 1.82) is 0 Å². The number of pyridine rings is 1. The minimum Gasteiger partial charge on any atom is -0.483 e. The number of fused-ring (bicyclic) bond motifs is 1. The van der Waals surface area contributed by atoms with Crippen LogP contribution in [0.1, 0.15) is 13.3 Å². The third-order valence-electron chi connectivity index (χ3n) is 5.69. The third kappa shape index (κ3) is 5.96. The number of aromatic nitrogens is 3. The summed E-state index contributed by atoms with van der Waals surface area (Å²) in [4.78, 5) is 21.3. The highest BCUT2D eigenvalue weighted by atomic mass is 32.1. The molecule has 0 radical (unpaired) electrons.